The summed E-state index contributed by atoms with van der Waals surface area (Å²) in [4.78, 5) is 15.4. The molecule has 0 bridgehead atoms. The Labute approximate surface area is 148 Å². The largest absolute Gasteiger partial charge is 0.391 e. The third kappa shape index (κ3) is 3.95. The highest BCUT2D eigenvalue weighted by Crippen LogP contribution is 2.37. The van der Waals surface area contributed by atoms with Crippen LogP contribution in [0.1, 0.15) is 36.2 Å². The van der Waals surface area contributed by atoms with Crippen LogP contribution >= 0.6 is 12.2 Å². The van der Waals surface area contributed by atoms with E-state index in [9.17, 15) is 18.0 Å². The quantitative estimate of drug-likeness (QED) is 0.789. The molecule has 1 aliphatic rings. The third-order valence-corrected chi connectivity index (χ3v) is 4.80. The van der Waals surface area contributed by atoms with Crippen molar-refractivity contribution in [3.63, 3.8) is 0 Å². The minimum absolute atomic E-state index is 0.0776. The van der Waals surface area contributed by atoms with Crippen LogP contribution in [-0.4, -0.2) is 27.7 Å². The summed E-state index contributed by atoms with van der Waals surface area (Å²) >= 11 is 5.22. The Kier molecular flexibility index (Phi) is 4.99. The van der Waals surface area contributed by atoms with Gasteiger partial charge in [-0.15, -0.1) is 0 Å². The second kappa shape index (κ2) is 7.03. The Morgan fingerprint density at radius 3 is 2.64 bits per heavy atom. The highest BCUT2D eigenvalue weighted by molar-refractivity contribution is 7.71. The van der Waals surface area contributed by atoms with E-state index in [1.54, 1.807) is 16.7 Å². The maximum atomic E-state index is 12.9. The van der Waals surface area contributed by atoms with Crippen LogP contribution in [0.25, 0.3) is 5.69 Å². The molecular weight excluding hydrogens is 351 g/mol. The molecule has 25 heavy (non-hydrogen) atoms. The van der Waals surface area contributed by atoms with Crippen LogP contribution in [0.2, 0.25) is 0 Å². The van der Waals surface area contributed by atoms with E-state index in [0.717, 1.165) is 5.69 Å². The summed E-state index contributed by atoms with van der Waals surface area (Å²) in [6.45, 7) is 0. The van der Waals surface area contributed by atoms with Crippen LogP contribution < -0.4 is 5.32 Å². The summed E-state index contributed by atoms with van der Waals surface area (Å²) in [5.74, 6) is -1.78. The molecule has 1 aromatic heterocycles. The molecule has 2 aromatic rings. The Balaban J connectivity index is 1.78. The summed E-state index contributed by atoms with van der Waals surface area (Å²) in [6.07, 6.45) is -1.68. The van der Waals surface area contributed by atoms with Crippen molar-refractivity contribution < 1.29 is 18.0 Å². The van der Waals surface area contributed by atoms with Crippen molar-refractivity contribution in [2.24, 2.45) is 5.92 Å². The van der Waals surface area contributed by atoms with Crippen molar-refractivity contribution in [3.05, 3.63) is 47.0 Å². The van der Waals surface area contributed by atoms with Gasteiger partial charge in [-0.3, -0.25) is 9.36 Å². The Morgan fingerprint density at radius 1 is 1.24 bits per heavy atom. The van der Waals surface area contributed by atoms with Crippen LogP contribution in [0.3, 0.4) is 0 Å². The average Bonchev–Trinajstić information content (AvgIpc) is 2.97. The van der Waals surface area contributed by atoms with Gasteiger partial charge in [0.05, 0.1) is 5.92 Å². The minimum Gasteiger partial charge on any atom is -0.348 e. The van der Waals surface area contributed by atoms with E-state index in [1.807, 2.05) is 18.2 Å². The predicted octanol–water partition coefficient (Wildman–Crippen LogP) is 4.39. The molecule has 3 rings (SSSR count). The molecule has 0 unspecified atom stereocenters. The first-order valence-corrected chi connectivity index (χ1v) is 8.50. The molecule has 1 fully saturated rings. The summed E-state index contributed by atoms with van der Waals surface area (Å²) in [6, 6.07) is 8.61. The monoisotopic (exact) mass is 369 g/mol. The van der Waals surface area contributed by atoms with E-state index in [0.29, 0.717) is 17.6 Å². The third-order valence-electron chi connectivity index (χ3n) is 4.50. The standard InChI is InChI=1S/C17H18F3N3OS/c18-17(19,20)11-5-4-6-12(9-11)22-15(24)14-10-21-16(25)23(14)13-7-2-1-3-8-13/h1-3,7-8,10-12H,4-6,9H2,(H,21,25)(H,22,24)/t11-,12-/m1/s1. The summed E-state index contributed by atoms with van der Waals surface area (Å²) in [7, 11) is 0. The Bertz CT molecular complexity index is 797. The molecule has 2 N–H and O–H groups in total. The van der Waals surface area contributed by atoms with Gasteiger partial charge in [0.1, 0.15) is 5.69 Å². The number of imidazole rings is 1. The summed E-state index contributed by atoms with van der Waals surface area (Å²) < 4.78 is 40.7. The molecule has 1 heterocycles. The van der Waals surface area contributed by atoms with Gasteiger partial charge in [0.25, 0.3) is 5.91 Å². The number of halogens is 3. The molecule has 0 saturated heterocycles. The van der Waals surface area contributed by atoms with Crippen LogP contribution in [-0.2, 0) is 0 Å². The van der Waals surface area contributed by atoms with E-state index in [4.69, 9.17) is 12.2 Å². The Morgan fingerprint density at radius 2 is 1.96 bits per heavy atom. The lowest BCUT2D eigenvalue weighted by atomic mass is 9.85. The van der Waals surface area contributed by atoms with Crippen molar-refractivity contribution in [2.45, 2.75) is 37.9 Å². The molecule has 1 saturated carbocycles. The number of aromatic amines is 1. The molecule has 8 heteroatoms. The lowest BCUT2D eigenvalue weighted by Gasteiger charge is -2.31. The molecule has 4 nitrogen and oxygen atoms in total. The smallest absolute Gasteiger partial charge is 0.348 e. The van der Waals surface area contributed by atoms with E-state index >= 15 is 0 Å². The zero-order valence-corrected chi connectivity index (χ0v) is 14.2. The van der Waals surface area contributed by atoms with Crippen molar-refractivity contribution in [1.82, 2.24) is 14.9 Å². The molecule has 1 aromatic carbocycles. The molecule has 0 spiro atoms. The first-order chi connectivity index (χ1) is 11.9. The molecule has 0 aliphatic heterocycles. The van der Waals surface area contributed by atoms with E-state index in [-0.39, 0.29) is 18.5 Å². The zero-order valence-electron chi connectivity index (χ0n) is 13.3. The molecule has 1 amide bonds. The van der Waals surface area contributed by atoms with Crippen LogP contribution in [0.15, 0.2) is 36.5 Å². The van der Waals surface area contributed by atoms with Crippen LogP contribution in [0, 0.1) is 10.7 Å². The number of H-pyrrole nitrogens is 1. The van der Waals surface area contributed by atoms with Gasteiger partial charge >= 0.3 is 6.18 Å². The van der Waals surface area contributed by atoms with Gasteiger partial charge < -0.3 is 10.3 Å². The van der Waals surface area contributed by atoms with Crippen molar-refractivity contribution >= 4 is 18.1 Å². The van der Waals surface area contributed by atoms with Crippen LogP contribution in [0.5, 0.6) is 0 Å². The second-order valence-corrected chi connectivity index (χ2v) is 6.61. The van der Waals surface area contributed by atoms with Gasteiger partial charge in [-0.25, -0.2) is 0 Å². The van der Waals surface area contributed by atoms with Gasteiger partial charge in [0, 0.05) is 17.9 Å². The lowest BCUT2D eigenvalue weighted by Crippen LogP contribution is -2.42. The highest BCUT2D eigenvalue weighted by Gasteiger charge is 2.42. The van der Waals surface area contributed by atoms with Gasteiger partial charge in [0.15, 0.2) is 4.77 Å². The maximum absolute atomic E-state index is 12.9. The molecule has 134 valence electrons. The lowest BCUT2D eigenvalue weighted by molar-refractivity contribution is -0.183. The Hall–Kier alpha value is -2.09. The van der Waals surface area contributed by atoms with Crippen molar-refractivity contribution in [2.75, 3.05) is 0 Å². The fourth-order valence-corrected chi connectivity index (χ4v) is 3.51. The number of rotatable bonds is 3. The predicted molar refractivity (Wildman–Crippen MR) is 90.2 cm³/mol. The van der Waals surface area contributed by atoms with Crippen molar-refractivity contribution in [3.8, 4) is 5.69 Å². The molecule has 0 radical (unpaired) electrons. The van der Waals surface area contributed by atoms with Gasteiger partial charge in [-0.1, -0.05) is 24.6 Å². The number of nitrogens with one attached hydrogen (secondary N) is 2. The number of aromatic nitrogens is 2. The first-order valence-electron chi connectivity index (χ1n) is 8.09. The molecule has 1 aliphatic carbocycles. The number of carbonyl (C=O) groups is 1. The first kappa shape index (κ1) is 17.7. The fourth-order valence-electron chi connectivity index (χ4n) is 3.25. The normalized spacial score (nSPS) is 21.1. The second-order valence-electron chi connectivity index (χ2n) is 6.23. The number of nitrogens with zero attached hydrogens (tertiary/aromatic N) is 1. The number of hydrogen-bond donors (Lipinski definition) is 2. The highest BCUT2D eigenvalue weighted by atomic mass is 32.1. The number of para-hydroxylation sites is 1. The summed E-state index contributed by atoms with van der Waals surface area (Å²) in [5.41, 5.74) is 1.00. The fraction of sp³-hybridized carbons (Fsp3) is 0.412. The zero-order chi connectivity index (χ0) is 18.0. The van der Waals surface area contributed by atoms with E-state index in [1.165, 1.54) is 6.20 Å². The number of amides is 1. The van der Waals surface area contributed by atoms with E-state index in [2.05, 4.69) is 10.3 Å². The average molecular weight is 369 g/mol. The summed E-state index contributed by atoms with van der Waals surface area (Å²) in [5, 5.41) is 2.73. The number of alkyl halides is 3. The SMILES string of the molecule is O=C(N[C@@H]1CCC[C@@H](C(F)(F)F)C1)c1c[nH]c(=S)n1-c1ccccc1. The van der Waals surface area contributed by atoms with Gasteiger partial charge in [0.2, 0.25) is 0 Å². The topological polar surface area (TPSA) is 49.8 Å². The van der Waals surface area contributed by atoms with E-state index < -0.39 is 24.0 Å². The maximum Gasteiger partial charge on any atom is 0.391 e. The van der Waals surface area contributed by atoms with Crippen LogP contribution in [0.4, 0.5) is 13.2 Å². The van der Waals surface area contributed by atoms with Gasteiger partial charge in [-0.2, -0.15) is 13.2 Å². The van der Waals surface area contributed by atoms with Crippen molar-refractivity contribution in [1.29, 1.82) is 0 Å². The van der Waals surface area contributed by atoms with Gasteiger partial charge in [-0.05, 0) is 43.6 Å². The number of carbonyl (C=O) groups excluding carboxylic acids is 1. The molecular formula is C17H18F3N3OS. The number of hydrogen-bond acceptors (Lipinski definition) is 2. The number of benzene rings is 1. The molecule has 2 atom stereocenters. The minimum atomic E-state index is -4.21.